The minimum atomic E-state index is -3.33. The molecule has 10 heteroatoms. The van der Waals surface area contributed by atoms with Crippen LogP contribution in [0.3, 0.4) is 0 Å². The molecule has 3 aromatic rings. The van der Waals surface area contributed by atoms with E-state index in [0.717, 1.165) is 21.0 Å². The highest BCUT2D eigenvalue weighted by Crippen LogP contribution is 2.30. The van der Waals surface area contributed by atoms with Crippen LogP contribution in [0.1, 0.15) is 11.1 Å². The Balaban J connectivity index is 1.97. The SMILES string of the molecule is COc1c(I)cc(-n2ccc(=O)[nH]c2=O)cc1/C=C/c1ccc(NS(C)(=O)=O)cc1. The Morgan fingerprint density at radius 3 is 2.40 bits per heavy atom. The standard InChI is InChI=1S/C20H18IN3O5S/c1-29-19-14(6-3-13-4-7-15(8-5-13)23-30(2,27)28)11-16(12-17(19)21)24-10-9-18(25)22-20(24)26/h3-12,23H,1-2H3,(H,22,25,26)/b6-3+. The monoisotopic (exact) mass is 539 g/mol. The van der Waals surface area contributed by atoms with Gasteiger partial charge < -0.3 is 4.74 Å². The third kappa shape index (κ3) is 5.39. The van der Waals surface area contributed by atoms with Crippen molar-refractivity contribution in [2.45, 2.75) is 0 Å². The van der Waals surface area contributed by atoms with E-state index < -0.39 is 21.3 Å². The van der Waals surface area contributed by atoms with Crippen LogP contribution in [0.25, 0.3) is 17.8 Å². The van der Waals surface area contributed by atoms with E-state index >= 15 is 0 Å². The number of ether oxygens (including phenoxy) is 1. The van der Waals surface area contributed by atoms with Gasteiger partial charge in [-0.15, -0.1) is 0 Å². The van der Waals surface area contributed by atoms with Crippen molar-refractivity contribution in [2.24, 2.45) is 0 Å². The molecular formula is C20H18IN3O5S. The highest BCUT2D eigenvalue weighted by atomic mass is 127. The molecule has 0 fully saturated rings. The average molecular weight is 539 g/mol. The second-order valence-corrected chi connectivity index (χ2v) is 9.27. The Morgan fingerprint density at radius 1 is 1.10 bits per heavy atom. The Labute approximate surface area is 186 Å². The molecule has 0 saturated heterocycles. The highest BCUT2D eigenvalue weighted by Gasteiger charge is 2.10. The van der Waals surface area contributed by atoms with Crippen LogP contribution in [0, 0.1) is 3.57 Å². The molecule has 1 aromatic heterocycles. The van der Waals surface area contributed by atoms with Gasteiger partial charge in [-0.25, -0.2) is 13.2 Å². The molecule has 30 heavy (non-hydrogen) atoms. The summed E-state index contributed by atoms with van der Waals surface area (Å²) < 4.78 is 32.7. The lowest BCUT2D eigenvalue weighted by Crippen LogP contribution is -2.27. The molecule has 0 radical (unpaired) electrons. The number of sulfonamides is 1. The molecule has 0 bridgehead atoms. The van der Waals surface area contributed by atoms with Crippen molar-refractivity contribution >= 4 is 50.5 Å². The van der Waals surface area contributed by atoms with Crippen LogP contribution in [-0.2, 0) is 10.0 Å². The molecule has 156 valence electrons. The van der Waals surface area contributed by atoms with Gasteiger partial charge in [-0.05, 0) is 52.4 Å². The Hall–Kier alpha value is -2.86. The third-order valence-electron chi connectivity index (χ3n) is 4.03. The van der Waals surface area contributed by atoms with Gasteiger partial charge in [0, 0.05) is 23.5 Å². The zero-order valence-electron chi connectivity index (χ0n) is 16.0. The number of anilines is 1. The molecular weight excluding hydrogens is 521 g/mol. The van der Waals surface area contributed by atoms with Crippen LogP contribution >= 0.6 is 22.6 Å². The molecule has 0 aliphatic carbocycles. The van der Waals surface area contributed by atoms with Gasteiger partial charge in [0.2, 0.25) is 10.0 Å². The van der Waals surface area contributed by atoms with E-state index in [2.05, 4.69) is 32.3 Å². The van der Waals surface area contributed by atoms with Crippen molar-refractivity contribution in [3.8, 4) is 11.4 Å². The van der Waals surface area contributed by atoms with Gasteiger partial charge >= 0.3 is 5.69 Å². The lowest BCUT2D eigenvalue weighted by atomic mass is 10.1. The molecule has 2 N–H and O–H groups in total. The molecule has 3 rings (SSSR count). The number of nitrogens with zero attached hydrogens (tertiary/aromatic N) is 1. The molecule has 0 unspecified atom stereocenters. The predicted molar refractivity (Wildman–Crippen MR) is 126 cm³/mol. The first-order chi connectivity index (χ1) is 14.2. The highest BCUT2D eigenvalue weighted by molar-refractivity contribution is 14.1. The second kappa shape index (κ2) is 8.88. The quantitative estimate of drug-likeness (QED) is 0.370. The fourth-order valence-electron chi connectivity index (χ4n) is 2.76. The van der Waals surface area contributed by atoms with E-state index in [1.807, 2.05) is 12.2 Å². The van der Waals surface area contributed by atoms with E-state index in [1.54, 1.807) is 43.5 Å². The van der Waals surface area contributed by atoms with Crippen LogP contribution in [0.4, 0.5) is 5.69 Å². The zero-order chi connectivity index (χ0) is 21.9. The predicted octanol–water partition coefficient (Wildman–Crippen LogP) is 2.68. The van der Waals surface area contributed by atoms with E-state index in [0.29, 0.717) is 17.1 Å². The zero-order valence-corrected chi connectivity index (χ0v) is 19.0. The van der Waals surface area contributed by atoms with Gasteiger partial charge in [-0.2, -0.15) is 0 Å². The molecule has 0 atom stereocenters. The molecule has 0 spiro atoms. The summed E-state index contributed by atoms with van der Waals surface area (Å²) in [6.07, 6.45) is 6.19. The van der Waals surface area contributed by atoms with Crippen molar-refractivity contribution < 1.29 is 13.2 Å². The summed E-state index contributed by atoms with van der Waals surface area (Å²) in [5.41, 5.74) is 1.63. The van der Waals surface area contributed by atoms with E-state index in [1.165, 1.54) is 16.8 Å². The largest absolute Gasteiger partial charge is 0.495 e. The van der Waals surface area contributed by atoms with Gasteiger partial charge in [0.25, 0.3) is 5.56 Å². The van der Waals surface area contributed by atoms with Crippen molar-refractivity contribution in [3.05, 3.63) is 84.2 Å². The number of hydrogen-bond donors (Lipinski definition) is 2. The fraction of sp³-hybridized carbons (Fsp3) is 0.100. The topological polar surface area (TPSA) is 110 Å². The van der Waals surface area contributed by atoms with Gasteiger partial charge in [0.15, 0.2) is 0 Å². The number of methoxy groups -OCH3 is 1. The Morgan fingerprint density at radius 2 is 1.80 bits per heavy atom. The number of hydrogen-bond acceptors (Lipinski definition) is 5. The maximum absolute atomic E-state index is 12.1. The molecule has 0 saturated carbocycles. The van der Waals surface area contributed by atoms with Gasteiger partial charge in [0.05, 0.1) is 22.6 Å². The summed E-state index contributed by atoms with van der Waals surface area (Å²) in [5.74, 6) is 0.642. The number of aromatic amines is 1. The molecule has 0 aliphatic heterocycles. The normalized spacial score (nSPS) is 11.6. The number of benzene rings is 2. The van der Waals surface area contributed by atoms with Gasteiger partial charge in [0.1, 0.15) is 5.75 Å². The Bertz CT molecular complexity index is 1330. The minimum Gasteiger partial charge on any atom is -0.495 e. The summed E-state index contributed by atoms with van der Waals surface area (Å²) in [4.78, 5) is 25.7. The first-order valence-corrected chi connectivity index (χ1v) is 11.6. The van der Waals surface area contributed by atoms with Crippen molar-refractivity contribution in [2.75, 3.05) is 18.1 Å². The summed E-state index contributed by atoms with van der Waals surface area (Å²) >= 11 is 2.12. The number of H-pyrrole nitrogens is 1. The van der Waals surface area contributed by atoms with Crippen molar-refractivity contribution in [3.63, 3.8) is 0 Å². The van der Waals surface area contributed by atoms with Crippen LogP contribution in [-0.4, -0.2) is 31.3 Å². The maximum atomic E-state index is 12.1. The second-order valence-electron chi connectivity index (χ2n) is 6.36. The van der Waals surface area contributed by atoms with Crippen LogP contribution in [0.5, 0.6) is 5.75 Å². The maximum Gasteiger partial charge on any atom is 0.332 e. The molecule has 2 aromatic carbocycles. The number of halogens is 1. The number of nitrogens with one attached hydrogen (secondary N) is 2. The third-order valence-corrected chi connectivity index (χ3v) is 5.44. The Kier molecular flexibility index (Phi) is 6.46. The summed E-state index contributed by atoms with van der Waals surface area (Å²) in [7, 11) is -1.77. The lowest BCUT2D eigenvalue weighted by molar-refractivity contribution is 0.411. The molecule has 0 aliphatic rings. The smallest absolute Gasteiger partial charge is 0.332 e. The average Bonchev–Trinajstić information content (AvgIpc) is 2.66. The first kappa shape index (κ1) is 21.8. The van der Waals surface area contributed by atoms with Crippen LogP contribution in [0.15, 0.2) is 58.3 Å². The first-order valence-electron chi connectivity index (χ1n) is 8.62. The fourth-order valence-corrected chi connectivity index (χ4v) is 4.18. The van der Waals surface area contributed by atoms with Crippen LogP contribution < -0.4 is 20.7 Å². The van der Waals surface area contributed by atoms with E-state index in [-0.39, 0.29) is 0 Å². The van der Waals surface area contributed by atoms with Crippen molar-refractivity contribution in [1.82, 2.24) is 9.55 Å². The summed E-state index contributed by atoms with van der Waals surface area (Å²) in [6.45, 7) is 0. The molecule has 1 heterocycles. The van der Waals surface area contributed by atoms with Crippen LogP contribution in [0.2, 0.25) is 0 Å². The van der Waals surface area contributed by atoms with Gasteiger partial charge in [-0.3, -0.25) is 19.1 Å². The summed E-state index contributed by atoms with van der Waals surface area (Å²) in [6, 6.07) is 11.7. The van der Waals surface area contributed by atoms with Gasteiger partial charge in [-0.1, -0.05) is 24.3 Å². The number of rotatable bonds is 6. The minimum absolute atomic E-state index is 0.464. The van der Waals surface area contributed by atoms with Crippen molar-refractivity contribution in [1.29, 1.82) is 0 Å². The molecule has 8 nitrogen and oxygen atoms in total. The summed E-state index contributed by atoms with van der Waals surface area (Å²) in [5, 5.41) is 0. The molecule has 0 amide bonds. The van der Waals surface area contributed by atoms with E-state index in [4.69, 9.17) is 4.74 Å². The number of aromatic nitrogens is 2. The lowest BCUT2D eigenvalue weighted by Gasteiger charge is -2.12. The van der Waals surface area contributed by atoms with E-state index in [9.17, 15) is 18.0 Å².